The van der Waals surface area contributed by atoms with E-state index in [2.05, 4.69) is 20.9 Å². The predicted octanol–water partition coefficient (Wildman–Crippen LogP) is 2.20. The zero-order valence-electron chi connectivity index (χ0n) is 16.3. The van der Waals surface area contributed by atoms with Crippen LogP contribution in [0.2, 0.25) is 0 Å². The quantitative estimate of drug-likeness (QED) is 0.202. The van der Waals surface area contributed by atoms with Gasteiger partial charge in [0.25, 0.3) is 0 Å². The van der Waals surface area contributed by atoms with Crippen molar-refractivity contribution in [3.05, 3.63) is 0 Å². The fraction of sp³-hybridized carbons (Fsp3) is 0.824. The first-order chi connectivity index (χ1) is 13.2. The normalized spacial score (nSPS) is 13.9. The Morgan fingerprint density at radius 2 is 1.50 bits per heavy atom. The molecule has 6 N–H and O–H groups in total. The molecule has 0 aliphatic heterocycles. The van der Waals surface area contributed by atoms with Crippen LogP contribution in [0.25, 0.3) is 0 Å². The number of urea groups is 1. The number of nitrogens with one attached hydrogen (secondary N) is 3. The molecule has 1 rings (SSSR count). The van der Waals surface area contributed by atoms with Gasteiger partial charge >= 0.3 is 18.2 Å². The van der Waals surface area contributed by atoms with Gasteiger partial charge < -0.3 is 26.8 Å². The summed E-state index contributed by atoms with van der Waals surface area (Å²) in [7, 11) is 1.63. The van der Waals surface area contributed by atoms with Crippen molar-refractivity contribution in [3.8, 4) is 0 Å². The van der Waals surface area contributed by atoms with Crippen molar-refractivity contribution < 1.29 is 27.9 Å². The van der Waals surface area contributed by atoms with E-state index in [1.54, 1.807) is 7.05 Å². The van der Waals surface area contributed by atoms with Crippen LogP contribution in [-0.4, -0.2) is 55.9 Å². The van der Waals surface area contributed by atoms with E-state index < -0.39 is 12.1 Å². The molecule has 1 aliphatic carbocycles. The first kappa shape index (κ1) is 25.8. The molecule has 1 fully saturated rings. The zero-order chi connectivity index (χ0) is 21.4. The zero-order valence-corrected chi connectivity index (χ0v) is 16.3. The number of halogens is 3. The predicted molar refractivity (Wildman–Crippen MR) is 101 cm³/mol. The second kappa shape index (κ2) is 14.8. The maximum atomic E-state index is 10.9. The summed E-state index contributed by atoms with van der Waals surface area (Å²) in [5, 5.41) is 15.6. The number of carboxylic acid groups (broad SMARTS) is 1. The lowest BCUT2D eigenvalue weighted by Crippen LogP contribution is -2.33. The second-order valence-corrected chi connectivity index (χ2v) is 6.53. The molecule has 11 heteroatoms. The van der Waals surface area contributed by atoms with Crippen LogP contribution in [0.5, 0.6) is 0 Å². The van der Waals surface area contributed by atoms with Crippen molar-refractivity contribution in [3.63, 3.8) is 0 Å². The highest BCUT2D eigenvalue weighted by Crippen LogP contribution is 2.28. The molecule has 28 heavy (non-hydrogen) atoms. The minimum absolute atomic E-state index is 0.0954. The van der Waals surface area contributed by atoms with Gasteiger partial charge in [-0.3, -0.25) is 4.99 Å². The molecular weight excluding hydrogens is 379 g/mol. The van der Waals surface area contributed by atoms with Crippen LogP contribution in [0.3, 0.4) is 0 Å². The molecule has 0 heterocycles. The fourth-order valence-electron chi connectivity index (χ4n) is 2.05. The molecule has 0 aromatic heterocycles. The van der Waals surface area contributed by atoms with Crippen LogP contribution in [0.4, 0.5) is 18.0 Å². The average molecular weight is 411 g/mol. The van der Waals surface area contributed by atoms with E-state index in [0.29, 0.717) is 5.96 Å². The Kier molecular flexibility index (Phi) is 13.6. The number of carbonyl (C=O) groups is 2. The Morgan fingerprint density at radius 3 is 1.93 bits per heavy atom. The number of guanidine groups is 1. The maximum Gasteiger partial charge on any atom is 0.490 e. The number of hydrogen-bond donors (Lipinski definition) is 5. The lowest BCUT2D eigenvalue weighted by Gasteiger charge is -2.06. The molecule has 0 saturated heterocycles. The smallest absolute Gasteiger partial charge is 0.475 e. The number of unbranched alkanes of at least 4 members (excludes halogenated alkanes) is 5. The molecule has 0 aromatic rings. The number of alkyl halides is 3. The molecule has 164 valence electrons. The minimum Gasteiger partial charge on any atom is -0.475 e. The number of aliphatic carboxylic acids is 1. The van der Waals surface area contributed by atoms with E-state index in [-0.39, 0.29) is 6.03 Å². The topological polar surface area (TPSA) is 129 Å². The van der Waals surface area contributed by atoms with Crippen molar-refractivity contribution in [2.45, 2.75) is 57.5 Å². The molecule has 8 nitrogen and oxygen atoms in total. The molecule has 0 unspecified atom stereocenters. The number of rotatable bonds is 11. The van der Waals surface area contributed by atoms with Crippen molar-refractivity contribution in [1.29, 1.82) is 0 Å². The van der Waals surface area contributed by atoms with Gasteiger partial charge in [-0.2, -0.15) is 13.2 Å². The summed E-state index contributed by atoms with van der Waals surface area (Å²) >= 11 is 0. The first-order valence-electron chi connectivity index (χ1n) is 9.46. The van der Waals surface area contributed by atoms with Gasteiger partial charge in [0.05, 0.1) is 0 Å². The summed E-state index contributed by atoms with van der Waals surface area (Å²) in [6.07, 6.45) is 4.57. The summed E-state index contributed by atoms with van der Waals surface area (Å²) in [4.78, 5) is 24.1. The number of carbonyl (C=O) groups excluding carboxylic acids is 1. The second-order valence-electron chi connectivity index (χ2n) is 6.53. The third-order valence-corrected chi connectivity index (χ3v) is 3.88. The van der Waals surface area contributed by atoms with Crippen LogP contribution in [-0.2, 0) is 4.79 Å². The van der Waals surface area contributed by atoms with Gasteiger partial charge in [-0.15, -0.1) is 0 Å². The van der Waals surface area contributed by atoms with E-state index in [1.807, 2.05) is 0 Å². The van der Waals surface area contributed by atoms with Crippen molar-refractivity contribution >= 4 is 18.0 Å². The SMILES string of the molecule is CNC(=O)NCCCCCCCCNC(N)=NCC1CC1.O=C(O)C(F)(F)F. The van der Waals surface area contributed by atoms with E-state index >= 15 is 0 Å². The molecular formula is C17H32F3N5O3. The Hall–Kier alpha value is -2.20. The summed E-state index contributed by atoms with van der Waals surface area (Å²) in [6.45, 7) is 2.57. The Labute approximate surface area is 163 Å². The Morgan fingerprint density at radius 1 is 1.04 bits per heavy atom. The molecule has 0 spiro atoms. The molecule has 0 aromatic carbocycles. The summed E-state index contributed by atoms with van der Waals surface area (Å²) in [5.41, 5.74) is 5.78. The summed E-state index contributed by atoms with van der Waals surface area (Å²) < 4.78 is 31.7. The number of amides is 2. The van der Waals surface area contributed by atoms with E-state index in [1.165, 1.54) is 38.5 Å². The average Bonchev–Trinajstić information content (AvgIpc) is 3.45. The Bertz CT molecular complexity index is 483. The van der Waals surface area contributed by atoms with Gasteiger partial charge in [-0.1, -0.05) is 25.7 Å². The van der Waals surface area contributed by atoms with Crippen LogP contribution >= 0.6 is 0 Å². The Balaban J connectivity index is 0.000000887. The monoisotopic (exact) mass is 411 g/mol. The first-order valence-corrected chi connectivity index (χ1v) is 9.46. The van der Waals surface area contributed by atoms with E-state index in [0.717, 1.165) is 38.4 Å². The lowest BCUT2D eigenvalue weighted by molar-refractivity contribution is -0.192. The molecule has 0 radical (unpaired) electrons. The number of carboxylic acids is 1. The van der Waals surface area contributed by atoms with Crippen LogP contribution in [0, 0.1) is 5.92 Å². The van der Waals surface area contributed by atoms with Gasteiger partial charge in [0, 0.05) is 26.7 Å². The molecule has 2 amide bonds. The van der Waals surface area contributed by atoms with E-state index in [9.17, 15) is 18.0 Å². The van der Waals surface area contributed by atoms with Crippen LogP contribution in [0.1, 0.15) is 51.4 Å². The van der Waals surface area contributed by atoms with Gasteiger partial charge in [0.2, 0.25) is 0 Å². The lowest BCUT2D eigenvalue weighted by atomic mass is 10.1. The van der Waals surface area contributed by atoms with Crippen molar-refractivity contribution in [2.75, 3.05) is 26.7 Å². The van der Waals surface area contributed by atoms with Crippen LogP contribution < -0.4 is 21.7 Å². The number of nitrogens with zero attached hydrogens (tertiary/aromatic N) is 1. The fourth-order valence-corrected chi connectivity index (χ4v) is 2.05. The summed E-state index contributed by atoms with van der Waals surface area (Å²) in [5.74, 6) is -1.36. The maximum absolute atomic E-state index is 10.9. The van der Waals surface area contributed by atoms with Gasteiger partial charge in [-0.05, 0) is 31.6 Å². The molecule has 1 aliphatic rings. The highest BCUT2D eigenvalue weighted by atomic mass is 19.4. The van der Waals surface area contributed by atoms with Crippen molar-refractivity contribution in [2.24, 2.45) is 16.6 Å². The third-order valence-electron chi connectivity index (χ3n) is 3.88. The standard InChI is InChI=1S/C15H31N5O.C2HF3O2/c1-17-15(21)19-11-7-5-3-2-4-6-10-18-14(16)20-12-13-8-9-13;3-2(4,5)1(6)7/h13H,2-12H2,1H3,(H3,16,18,20)(H2,17,19,21);(H,6,7). The van der Waals surface area contributed by atoms with Crippen molar-refractivity contribution in [1.82, 2.24) is 16.0 Å². The largest absolute Gasteiger partial charge is 0.490 e. The third kappa shape index (κ3) is 17.2. The van der Waals surface area contributed by atoms with Gasteiger partial charge in [0.15, 0.2) is 5.96 Å². The number of aliphatic imine (C=N–C) groups is 1. The highest BCUT2D eigenvalue weighted by molar-refractivity contribution is 5.77. The molecule has 0 atom stereocenters. The molecule has 0 bridgehead atoms. The van der Waals surface area contributed by atoms with Crippen LogP contribution in [0.15, 0.2) is 4.99 Å². The van der Waals surface area contributed by atoms with Gasteiger partial charge in [-0.25, -0.2) is 9.59 Å². The number of nitrogens with two attached hydrogens (primary N) is 1. The number of hydrogen-bond acceptors (Lipinski definition) is 3. The molecule has 1 saturated carbocycles. The highest BCUT2D eigenvalue weighted by Gasteiger charge is 2.38. The minimum atomic E-state index is -5.08. The van der Waals surface area contributed by atoms with Gasteiger partial charge in [0.1, 0.15) is 0 Å². The summed E-state index contributed by atoms with van der Waals surface area (Å²) in [6, 6.07) is -0.0954. The van der Waals surface area contributed by atoms with E-state index in [4.69, 9.17) is 15.6 Å².